The Morgan fingerprint density at radius 3 is 2.50 bits per heavy atom. The minimum absolute atomic E-state index is 0.00986. The molecule has 3 fully saturated rings. The van der Waals surface area contributed by atoms with Gasteiger partial charge >= 0.3 is 0 Å². The third-order valence-corrected chi connectivity index (χ3v) is 11.5. The molecule has 1 aliphatic carbocycles. The van der Waals surface area contributed by atoms with Crippen molar-refractivity contribution in [1.82, 2.24) is 19.8 Å². The van der Waals surface area contributed by atoms with E-state index in [4.69, 9.17) is 9.72 Å². The van der Waals surface area contributed by atoms with Gasteiger partial charge in [-0.2, -0.15) is 10.6 Å². The highest BCUT2D eigenvalue weighted by Crippen LogP contribution is 2.46. The number of nitrogens with zero attached hydrogens (tertiary/aromatic N) is 3. The number of carbonyl (C=O) groups excluding carboxylic acids is 1. The number of rotatable bonds is 9. The van der Waals surface area contributed by atoms with Crippen LogP contribution in [0.5, 0.6) is 0 Å². The molecular weight excluding hydrogens is 576 g/mol. The topological polar surface area (TPSA) is 120 Å². The van der Waals surface area contributed by atoms with Crippen LogP contribution in [-0.4, -0.2) is 90.6 Å². The number of hydrogen-bond donors (Lipinski definition) is 4. The van der Waals surface area contributed by atoms with Crippen molar-refractivity contribution in [3.05, 3.63) is 78.2 Å². The third kappa shape index (κ3) is 7.06. The van der Waals surface area contributed by atoms with Crippen molar-refractivity contribution >= 4 is 16.5 Å². The van der Waals surface area contributed by atoms with E-state index in [9.17, 15) is 19.0 Å². The Morgan fingerprint density at radius 2 is 1.75 bits per heavy atom. The first kappa shape index (κ1) is 31.3. The molecule has 3 aliphatic rings. The molecule has 3 aromatic rings. The molecule has 2 saturated heterocycles. The summed E-state index contributed by atoms with van der Waals surface area (Å²) in [6, 6.07) is 19.9. The van der Waals surface area contributed by atoms with Crippen LogP contribution in [0.3, 0.4) is 0 Å². The van der Waals surface area contributed by atoms with Crippen molar-refractivity contribution in [2.45, 2.75) is 62.6 Å². The van der Waals surface area contributed by atoms with Gasteiger partial charge in [-0.25, -0.2) is 4.98 Å². The van der Waals surface area contributed by atoms with Crippen molar-refractivity contribution < 1.29 is 23.7 Å². The van der Waals surface area contributed by atoms with E-state index >= 15 is 0 Å². The van der Waals surface area contributed by atoms with Crippen LogP contribution in [0.4, 0.5) is 0 Å². The van der Waals surface area contributed by atoms with Crippen LogP contribution in [0, 0.1) is 5.92 Å². The smallest absolute Gasteiger partial charge is 0.275 e. The summed E-state index contributed by atoms with van der Waals surface area (Å²) in [6.07, 6.45) is 7.22. The molecular formula is C34H46N4O5S. The van der Waals surface area contributed by atoms with Gasteiger partial charge in [-0.15, -0.1) is 0 Å². The molecule has 0 spiro atoms. The summed E-state index contributed by atoms with van der Waals surface area (Å²) < 4.78 is 28.2. The lowest BCUT2D eigenvalue weighted by Crippen LogP contribution is -2.54. The zero-order valence-corrected chi connectivity index (χ0v) is 26.2. The maximum atomic E-state index is 14.3. The maximum absolute atomic E-state index is 14.3. The Hall–Kier alpha value is -2.73. The summed E-state index contributed by atoms with van der Waals surface area (Å²) in [7, 11) is -2.43. The standard InChI is InChI=1S/C34H46N4O5S/c39-33(37-18-17-35-22-29(37)21-26-9-3-1-4-10-26)31-32(28-11-5-2-6-12-28)38(25-36-31)30-13-7-8-16-34(30,40)24-43-23-27-14-19-44(41,42)20-15-27/h1-6,9-12,25,27,29-30,35,40-42H,7-8,13-24H2/t29-,30?,34?/m1/s1. The molecule has 1 amide bonds. The van der Waals surface area contributed by atoms with Crippen molar-refractivity contribution in [3.8, 4) is 11.3 Å². The van der Waals surface area contributed by atoms with Gasteiger partial charge in [0.1, 0.15) is 5.60 Å². The number of carbonyl (C=O) groups is 1. The van der Waals surface area contributed by atoms with E-state index in [1.165, 1.54) is 5.56 Å². The number of benzene rings is 2. The average Bonchev–Trinajstić information content (AvgIpc) is 3.48. The van der Waals surface area contributed by atoms with Crippen LogP contribution in [0.1, 0.15) is 60.6 Å². The normalized spacial score (nSPS) is 26.8. The van der Waals surface area contributed by atoms with Gasteiger partial charge in [0, 0.05) is 49.4 Å². The van der Waals surface area contributed by atoms with E-state index in [1.54, 1.807) is 6.33 Å². The van der Waals surface area contributed by atoms with Crippen LogP contribution >= 0.6 is 10.6 Å². The predicted octanol–water partition coefficient (Wildman–Crippen LogP) is 5.23. The second-order valence-electron chi connectivity index (χ2n) is 12.8. The Balaban J connectivity index is 1.26. The minimum atomic E-state index is -2.43. The fraction of sp³-hybridized carbons (Fsp3) is 0.529. The monoisotopic (exact) mass is 622 g/mol. The Kier molecular flexibility index (Phi) is 9.75. The third-order valence-electron chi connectivity index (χ3n) is 9.67. The lowest BCUT2D eigenvalue weighted by molar-refractivity contribution is -0.104. The van der Waals surface area contributed by atoms with Crippen LogP contribution < -0.4 is 5.32 Å². The Bertz CT molecular complexity index is 1380. The Morgan fingerprint density at radius 1 is 1.02 bits per heavy atom. The molecule has 9 nitrogen and oxygen atoms in total. The molecule has 0 bridgehead atoms. The lowest BCUT2D eigenvalue weighted by Gasteiger charge is -2.42. The van der Waals surface area contributed by atoms with Crippen molar-refractivity contribution in [2.75, 3.05) is 44.4 Å². The molecule has 3 heterocycles. The fourth-order valence-corrected chi connectivity index (χ4v) is 8.79. The average molecular weight is 623 g/mol. The van der Waals surface area contributed by atoms with E-state index in [0.717, 1.165) is 62.9 Å². The van der Waals surface area contributed by atoms with E-state index in [2.05, 4.69) is 17.4 Å². The molecule has 1 saturated carbocycles. The molecule has 10 heteroatoms. The molecule has 3 atom stereocenters. The SMILES string of the molecule is O=C(c1ncn(C2CCCCC2(O)COCC2CCS(O)(O)CC2)c1-c1ccccc1)N1CCNC[C@H]1Cc1ccccc1. The largest absolute Gasteiger partial charge is 0.385 e. The van der Waals surface area contributed by atoms with Gasteiger partial charge in [0.15, 0.2) is 5.69 Å². The highest BCUT2D eigenvalue weighted by atomic mass is 32.3. The van der Waals surface area contributed by atoms with Crippen molar-refractivity contribution in [2.24, 2.45) is 5.92 Å². The highest BCUT2D eigenvalue weighted by molar-refractivity contribution is 8.24. The van der Waals surface area contributed by atoms with Crippen LogP contribution in [0.15, 0.2) is 67.0 Å². The van der Waals surface area contributed by atoms with Crippen LogP contribution in [0.2, 0.25) is 0 Å². The number of hydrogen-bond acceptors (Lipinski definition) is 7. The first-order valence-corrected chi connectivity index (χ1v) is 17.9. The summed E-state index contributed by atoms with van der Waals surface area (Å²) in [4.78, 5) is 21.1. The molecule has 6 rings (SSSR count). The zero-order chi connectivity index (χ0) is 30.6. The molecule has 2 unspecified atom stereocenters. The number of nitrogens with one attached hydrogen (secondary N) is 1. The second kappa shape index (κ2) is 13.7. The van der Waals surface area contributed by atoms with Gasteiger partial charge in [0.25, 0.3) is 5.91 Å². The number of aromatic nitrogens is 2. The molecule has 2 aliphatic heterocycles. The fourth-order valence-electron chi connectivity index (χ4n) is 7.17. The quantitative estimate of drug-likeness (QED) is 0.258. The molecule has 4 N–H and O–H groups in total. The summed E-state index contributed by atoms with van der Waals surface area (Å²) in [5, 5.41) is 15.6. The Labute approximate surface area is 262 Å². The van der Waals surface area contributed by atoms with Gasteiger partial charge in [-0.3, -0.25) is 13.9 Å². The molecule has 1 aromatic heterocycles. The number of amides is 1. The number of aliphatic hydroxyl groups is 1. The van der Waals surface area contributed by atoms with Gasteiger partial charge in [0.2, 0.25) is 0 Å². The van der Waals surface area contributed by atoms with Gasteiger partial charge in [0.05, 0.1) is 24.7 Å². The van der Waals surface area contributed by atoms with Crippen LogP contribution in [0.25, 0.3) is 11.3 Å². The predicted molar refractivity (Wildman–Crippen MR) is 174 cm³/mol. The van der Waals surface area contributed by atoms with E-state index in [1.807, 2.05) is 58.0 Å². The first-order chi connectivity index (χ1) is 21.3. The van der Waals surface area contributed by atoms with Crippen LogP contribution in [-0.2, 0) is 11.2 Å². The summed E-state index contributed by atoms with van der Waals surface area (Å²) in [5.74, 6) is 1.04. The van der Waals surface area contributed by atoms with E-state index in [-0.39, 0.29) is 30.5 Å². The van der Waals surface area contributed by atoms with E-state index in [0.29, 0.717) is 36.8 Å². The molecule has 2 aromatic carbocycles. The lowest BCUT2D eigenvalue weighted by atomic mass is 9.80. The molecule has 44 heavy (non-hydrogen) atoms. The minimum Gasteiger partial charge on any atom is -0.385 e. The number of piperazine rings is 1. The summed E-state index contributed by atoms with van der Waals surface area (Å²) >= 11 is 0. The molecule has 238 valence electrons. The van der Waals surface area contributed by atoms with E-state index < -0.39 is 16.2 Å². The second-order valence-corrected chi connectivity index (χ2v) is 15.2. The molecule has 0 radical (unpaired) electrons. The number of ether oxygens (including phenoxy) is 1. The van der Waals surface area contributed by atoms with Crippen molar-refractivity contribution in [3.63, 3.8) is 0 Å². The first-order valence-electron chi connectivity index (χ1n) is 16.0. The highest BCUT2D eigenvalue weighted by Gasteiger charge is 2.43. The zero-order valence-electron chi connectivity index (χ0n) is 25.4. The van der Waals surface area contributed by atoms with Crippen molar-refractivity contribution in [1.29, 1.82) is 0 Å². The summed E-state index contributed by atoms with van der Waals surface area (Å²) in [6.45, 7) is 2.75. The van der Waals surface area contributed by atoms with Gasteiger partial charge < -0.3 is 24.6 Å². The maximum Gasteiger partial charge on any atom is 0.275 e. The van der Waals surface area contributed by atoms with Gasteiger partial charge in [-0.1, -0.05) is 73.5 Å². The summed E-state index contributed by atoms with van der Waals surface area (Å²) in [5.41, 5.74) is 2.16. The van der Waals surface area contributed by atoms with Gasteiger partial charge in [-0.05, 0) is 43.6 Å². The number of imidazole rings is 1.